The second kappa shape index (κ2) is 14.2. The van der Waals surface area contributed by atoms with Crippen LogP contribution in [0.4, 0.5) is 33.6 Å². The molecule has 2 aromatic carbocycles. The standard InChI is InChI=1S/C31H36N8O4/c1-37(2)15-16-38(3)26-19-27(42-5)25(18-24(26)34-29(40)22(20-32)17-21-11-12-21)35-30-33-14-13-28(36-30)39(4)31(41)43-23-9-7-6-8-10-23/h6-10,13-14,17-19,21H,11-12,15-16H2,1-5H3,(H,34,40)(H,33,35,36)/b22-17+. The lowest BCUT2D eigenvalue weighted by Gasteiger charge is -2.26. The van der Waals surface area contributed by atoms with E-state index < -0.39 is 12.0 Å². The van der Waals surface area contributed by atoms with Crippen molar-refractivity contribution in [2.75, 3.05) is 68.8 Å². The molecule has 12 heteroatoms. The fourth-order valence-electron chi connectivity index (χ4n) is 4.04. The summed E-state index contributed by atoms with van der Waals surface area (Å²) in [4.78, 5) is 39.9. The molecular weight excluding hydrogens is 548 g/mol. The highest BCUT2D eigenvalue weighted by molar-refractivity contribution is 6.08. The number of ether oxygens (including phenoxy) is 2. The molecule has 1 heterocycles. The van der Waals surface area contributed by atoms with Gasteiger partial charge in [0.1, 0.15) is 29.0 Å². The number of aromatic nitrogens is 2. The summed E-state index contributed by atoms with van der Waals surface area (Å²) in [5.41, 5.74) is 1.74. The van der Waals surface area contributed by atoms with Gasteiger partial charge in [-0.15, -0.1) is 0 Å². The summed E-state index contributed by atoms with van der Waals surface area (Å²) in [6, 6.07) is 15.9. The van der Waals surface area contributed by atoms with Crippen LogP contribution in [-0.2, 0) is 4.79 Å². The minimum Gasteiger partial charge on any atom is -0.494 e. The maximum absolute atomic E-state index is 13.1. The van der Waals surface area contributed by atoms with Crippen molar-refractivity contribution in [3.8, 4) is 17.6 Å². The topological polar surface area (TPSA) is 136 Å². The van der Waals surface area contributed by atoms with Crippen molar-refractivity contribution in [3.05, 3.63) is 66.4 Å². The Kier molecular flexibility index (Phi) is 10.1. The first-order valence-corrected chi connectivity index (χ1v) is 13.8. The Morgan fingerprint density at radius 1 is 1.07 bits per heavy atom. The number of methoxy groups -OCH3 is 1. The molecule has 2 amide bonds. The van der Waals surface area contributed by atoms with E-state index in [2.05, 4.69) is 25.5 Å². The molecule has 12 nitrogen and oxygen atoms in total. The highest BCUT2D eigenvalue weighted by Crippen LogP contribution is 2.38. The number of amides is 2. The van der Waals surface area contributed by atoms with E-state index in [1.54, 1.807) is 62.7 Å². The highest BCUT2D eigenvalue weighted by Gasteiger charge is 2.23. The predicted octanol–water partition coefficient (Wildman–Crippen LogP) is 4.66. The molecule has 43 heavy (non-hydrogen) atoms. The second-order valence-electron chi connectivity index (χ2n) is 10.4. The van der Waals surface area contributed by atoms with E-state index in [0.717, 1.165) is 19.4 Å². The molecule has 3 aromatic rings. The number of allylic oxidation sites excluding steroid dienone is 1. The molecule has 1 aliphatic rings. The third kappa shape index (κ3) is 8.43. The van der Waals surface area contributed by atoms with E-state index in [1.165, 1.54) is 11.1 Å². The Bertz CT molecular complexity index is 1520. The first kappa shape index (κ1) is 30.8. The van der Waals surface area contributed by atoms with Crippen molar-refractivity contribution in [2.45, 2.75) is 12.8 Å². The smallest absolute Gasteiger partial charge is 0.420 e. The largest absolute Gasteiger partial charge is 0.494 e. The first-order chi connectivity index (χ1) is 20.7. The molecule has 0 spiro atoms. The Morgan fingerprint density at radius 3 is 2.47 bits per heavy atom. The number of para-hydroxylation sites is 1. The summed E-state index contributed by atoms with van der Waals surface area (Å²) in [7, 11) is 8.98. The molecule has 224 valence electrons. The third-order valence-corrected chi connectivity index (χ3v) is 6.70. The quantitative estimate of drug-likeness (QED) is 0.228. The number of likely N-dealkylation sites (N-methyl/N-ethyl adjacent to an activating group) is 2. The van der Waals surface area contributed by atoms with Crippen molar-refractivity contribution < 1.29 is 19.1 Å². The van der Waals surface area contributed by atoms with E-state index >= 15 is 0 Å². The molecule has 0 aliphatic heterocycles. The summed E-state index contributed by atoms with van der Waals surface area (Å²) in [6.45, 7) is 1.45. The van der Waals surface area contributed by atoms with Crippen LogP contribution in [-0.4, -0.2) is 75.3 Å². The molecule has 1 aromatic heterocycles. The number of rotatable bonds is 12. The Balaban J connectivity index is 1.62. The Labute approximate surface area is 251 Å². The van der Waals surface area contributed by atoms with E-state index in [4.69, 9.17) is 9.47 Å². The zero-order chi connectivity index (χ0) is 30.9. The van der Waals surface area contributed by atoms with Gasteiger partial charge in [-0.1, -0.05) is 24.3 Å². The van der Waals surface area contributed by atoms with Crippen LogP contribution in [0.5, 0.6) is 11.5 Å². The van der Waals surface area contributed by atoms with Gasteiger partial charge in [-0.3, -0.25) is 9.69 Å². The van der Waals surface area contributed by atoms with Gasteiger partial charge in [-0.25, -0.2) is 9.78 Å². The van der Waals surface area contributed by atoms with Crippen molar-refractivity contribution in [1.82, 2.24) is 14.9 Å². The molecule has 4 rings (SSSR count). The lowest BCUT2D eigenvalue weighted by molar-refractivity contribution is -0.112. The summed E-state index contributed by atoms with van der Waals surface area (Å²) < 4.78 is 11.1. The molecule has 1 fully saturated rings. The number of benzene rings is 2. The van der Waals surface area contributed by atoms with E-state index in [9.17, 15) is 14.9 Å². The second-order valence-corrected chi connectivity index (χ2v) is 10.4. The van der Waals surface area contributed by atoms with Gasteiger partial charge in [0.2, 0.25) is 5.95 Å². The molecule has 1 saturated carbocycles. The number of nitrogens with one attached hydrogen (secondary N) is 2. The van der Waals surface area contributed by atoms with Crippen molar-refractivity contribution >= 4 is 40.8 Å². The van der Waals surface area contributed by atoms with Crippen LogP contribution >= 0.6 is 0 Å². The van der Waals surface area contributed by atoms with Crippen LogP contribution < -0.4 is 29.9 Å². The molecule has 0 unspecified atom stereocenters. The average molecular weight is 585 g/mol. The lowest BCUT2D eigenvalue weighted by Crippen LogP contribution is -2.30. The van der Waals surface area contributed by atoms with E-state index in [0.29, 0.717) is 40.9 Å². The zero-order valence-electron chi connectivity index (χ0n) is 25.0. The van der Waals surface area contributed by atoms with E-state index in [-0.39, 0.29) is 17.4 Å². The van der Waals surface area contributed by atoms with E-state index in [1.807, 2.05) is 38.2 Å². The Morgan fingerprint density at radius 2 is 1.81 bits per heavy atom. The molecule has 0 atom stereocenters. The molecule has 1 aliphatic carbocycles. The van der Waals surface area contributed by atoms with Crippen LogP contribution in [0.2, 0.25) is 0 Å². The van der Waals surface area contributed by atoms with Gasteiger partial charge in [0.25, 0.3) is 5.91 Å². The number of carbonyl (C=O) groups excluding carboxylic acids is 2. The predicted molar refractivity (Wildman–Crippen MR) is 166 cm³/mol. The van der Waals surface area contributed by atoms with Gasteiger partial charge in [-0.2, -0.15) is 10.2 Å². The SMILES string of the molecule is COc1cc(N(C)CCN(C)C)c(NC(=O)/C(C#N)=C/C2CC2)cc1Nc1nccc(N(C)C(=O)Oc2ccccc2)n1. The number of anilines is 5. The number of nitrogens with zero attached hydrogens (tertiary/aromatic N) is 6. The van der Waals surface area contributed by atoms with Gasteiger partial charge in [0.15, 0.2) is 0 Å². The van der Waals surface area contributed by atoms with Crippen LogP contribution in [0, 0.1) is 17.2 Å². The molecule has 0 radical (unpaired) electrons. The minimum absolute atomic E-state index is 0.0798. The maximum Gasteiger partial charge on any atom is 0.420 e. The molecular formula is C31H36N8O4. The molecule has 0 saturated heterocycles. The average Bonchev–Trinajstić information content (AvgIpc) is 3.83. The summed E-state index contributed by atoms with van der Waals surface area (Å²) in [5, 5.41) is 15.7. The number of carbonyl (C=O) groups is 2. The van der Waals surface area contributed by atoms with Crippen LogP contribution in [0.3, 0.4) is 0 Å². The monoisotopic (exact) mass is 584 g/mol. The summed E-state index contributed by atoms with van der Waals surface area (Å²) in [6.07, 6.45) is 4.58. The Hall–Kier alpha value is -5.15. The maximum atomic E-state index is 13.1. The van der Waals surface area contributed by atoms with Gasteiger partial charge < -0.3 is 29.9 Å². The third-order valence-electron chi connectivity index (χ3n) is 6.70. The highest BCUT2D eigenvalue weighted by atomic mass is 16.6. The van der Waals surface area contributed by atoms with Crippen molar-refractivity contribution in [1.29, 1.82) is 5.26 Å². The van der Waals surface area contributed by atoms with Gasteiger partial charge >= 0.3 is 6.09 Å². The number of nitriles is 1. The zero-order valence-corrected chi connectivity index (χ0v) is 25.0. The normalized spacial score (nSPS) is 12.7. The van der Waals surface area contributed by atoms with Crippen LogP contribution in [0.15, 0.2) is 66.4 Å². The van der Waals surface area contributed by atoms with Crippen LogP contribution in [0.25, 0.3) is 0 Å². The number of hydrogen-bond donors (Lipinski definition) is 2. The minimum atomic E-state index is -0.615. The van der Waals surface area contributed by atoms with Gasteiger partial charge in [0.05, 0.1) is 24.2 Å². The number of hydrogen-bond acceptors (Lipinski definition) is 10. The lowest BCUT2D eigenvalue weighted by atomic mass is 10.1. The fraction of sp³-hybridized carbons (Fsp3) is 0.323. The molecule has 2 N–H and O–H groups in total. The summed E-state index contributed by atoms with van der Waals surface area (Å²) in [5.74, 6) is 1.16. The van der Waals surface area contributed by atoms with Gasteiger partial charge in [-0.05, 0) is 57.1 Å². The molecule has 0 bridgehead atoms. The fourth-order valence-corrected chi connectivity index (χ4v) is 4.04. The first-order valence-electron chi connectivity index (χ1n) is 13.8. The summed E-state index contributed by atoms with van der Waals surface area (Å²) >= 11 is 0. The van der Waals surface area contributed by atoms with Crippen LogP contribution in [0.1, 0.15) is 12.8 Å². The van der Waals surface area contributed by atoms with Crippen molar-refractivity contribution in [3.63, 3.8) is 0 Å². The van der Waals surface area contributed by atoms with Gasteiger partial charge in [0, 0.05) is 39.4 Å². The van der Waals surface area contributed by atoms with Crippen molar-refractivity contribution in [2.24, 2.45) is 5.92 Å².